The molecule has 40 heavy (non-hydrogen) atoms. The minimum atomic E-state index is -3.88. The Balaban J connectivity index is 1.44. The van der Waals surface area contributed by atoms with E-state index < -0.39 is 28.0 Å². The van der Waals surface area contributed by atoms with E-state index in [1.54, 1.807) is 18.2 Å². The summed E-state index contributed by atoms with van der Waals surface area (Å²) in [6.45, 7) is 0.234. The molecule has 10 heteroatoms. The fourth-order valence-electron chi connectivity index (χ4n) is 5.04. The lowest BCUT2D eigenvalue weighted by Gasteiger charge is -2.26. The molecule has 0 aliphatic heterocycles. The number of ether oxygens (including phenoxy) is 1. The van der Waals surface area contributed by atoms with Crippen LogP contribution in [0.3, 0.4) is 0 Å². The molecule has 0 bridgehead atoms. The molecule has 1 aliphatic rings. The first-order chi connectivity index (χ1) is 19.2. The second-order valence-electron chi connectivity index (χ2n) is 9.82. The van der Waals surface area contributed by atoms with Crippen LogP contribution in [0.5, 0.6) is 0 Å². The van der Waals surface area contributed by atoms with Crippen molar-refractivity contribution in [2.24, 2.45) is 7.05 Å². The van der Waals surface area contributed by atoms with E-state index in [0.717, 1.165) is 28.8 Å². The van der Waals surface area contributed by atoms with Crippen molar-refractivity contribution in [3.63, 3.8) is 0 Å². The molecule has 1 aromatic heterocycles. The molecule has 1 N–H and O–H groups in total. The van der Waals surface area contributed by atoms with E-state index in [-0.39, 0.29) is 23.8 Å². The number of benzene rings is 3. The number of aromatic nitrogens is 2. The van der Waals surface area contributed by atoms with Crippen LogP contribution in [-0.4, -0.2) is 31.0 Å². The average Bonchev–Trinajstić information content (AvgIpc) is 3.55. The number of fused-ring (bicyclic) bond motifs is 1. The summed E-state index contributed by atoms with van der Waals surface area (Å²) in [7, 11) is -0.421. The number of halogens is 1. The highest BCUT2D eigenvalue weighted by molar-refractivity contribution is 7.89. The predicted octanol–water partition coefficient (Wildman–Crippen LogP) is 4.84. The summed E-state index contributed by atoms with van der Waals surface area (Å²) in [5.41, 5.74) is 3.37. The van der Waals surface area contributed by atoms with E-state index in [1.165, 1.54) is 12.1 Å². The first-order valence-electron chi connectivity index (χ1n) is 13.0. The van der Waals surface area contributed by atoms with Crippen LogP contribution in [0.1, 0.15) is 47.5 Å². The van der Waals surface area contributed by atoms with Gasteiger partial charge in [0, 0.05) is 38.3 Å². The molecule has 3 aromatic carbocycles. The fourth-order valence-corrected chi connectivity index (χ4v) is 6.29. The van der Waals surface area contributed by atoms with Crippen molar-refractivity contribution in [2.75, 3.05) is 12.0 Å². The maximum Gasteiger partial charge on any atom is 0.241 e. The van der Waals surface area contributed by atoms with Gasteiger partial charge in [-0.25, -0.2) is 22.5 Å². The zero-order chi connectivity index (χ0) is 28.3. The Labute approximate surface area is 233 Å². The summed E-state index contributed by atoms with van der Waals surface area (Å²) in [6, 6.07) is 19.6. The first-order valence-corrected chi connectivity index (χ1v) is 14.5. The molecule has 4 aromatic rings. The lowest BCUT2D eigenvalue weighted by atomic mass is 10.0. The molecule has 2 atom stereocenters. The van der Waals surface area contributed by atoms with Gasteiger partial charge in [0.1, 0.15) is 11.6 Å². The van der Waals surface area contributed by atoms with Gasteiger partial charge in [0.2, 0.25) is 15.9 Å². The van der Waals surface area contributed by atoms with Crippen molar-refractivity contribution in [3.8, 4) is 0 Å². The summed E-state index contributed by atoms with van der Waals surface area (Å²) in [5, 5.41) is 0. The number of amides is 1. The van der Waals surface area contributed by atoms with E-state index >= 15 is 0 Å². The monoisotopic (exact) mass is 562 g/mol. The standard InChI is InChI=1S/C30H31FN4O4S/c1-34-17-16-32-29(34)20-35(30(36)19-28(39-2)22-6-4-3-5-7-22)24-12-8-21-9-15-27(26(21)18-24)33-40(37,38)25-13-10-23(31)11-14-25/h3-8,10-14,16-18,27-28,33H,9,15,19-20H2,1-2H3. The summed E-state index contributed by atoms with van der Waals surface area (Å²) in [6.07, 6.45) is 4.46. The normalized spacial score (nSPS) is 15.5. The second-order valence-corrected chi connectivity index (χ2v) is 11.5. The quantitative estimate of drug-likeness (QED) is 0.299. The van der Waals surface area contributed by atoms with Crippen LogP contribution in [0.25, 0.3) is 0 Å². The zero-order valence-electron chi connectivity index (χ0n) is 22.3. The highest BCUT2D eigenvalue weighted by Crippen LogP contribution is 2.36. The fraction of sp³-hybridized carbons (Fsp3) is 0.267. The zero-order valence-corrected chi connectivity index (χ0v) is 23.1. The summed E-state index contributed by atoms with van der Waals surface area (Å²) < 4.78 is 49.8. The van der Waals surface area contributed by atoms with Gasteiger partial charge in [0.05, 0.1) is 24.0 Å². The van der Waals surface area contributed by atoms with Gasteiger partial charge in [-0.3, -0.25) is 4.79 Å². The van der Waals surface area contributed by atoms with Gasteiger partial charge < -0.3 is 14.2 Å². The van der Waals surface area contributed by atoms with Gasteiger partial charge >= 0.3 is 0 Å². The number of nitrogens with one attached hydrogen (secondary N) is 1. The summed E-state index contributed by atoms with van der Waals surface area (Å²) >= 11 is 0. The third-order valence-corrected chi connectivity index (χ3v) is 8.77. The topological polar surface area (TPSA) is 93.5 Å². The summed E-state index contributed by atoms with van der Waals surface area (Å²) in [5.74, 6) is 0.0476. The van der Waals surface area contributed by atoms with Crippen molar-refractivity contribution >= 4 is 21.6 Å². The number of hydrogen-bond donors (Lipinski definition) is 1. The minimum absolute atomic E-state index is 0.00314. The van der Waals surface area contributed by atoms with E-state index in [0.29, 0.717) is 24.4 Å². The molecule has 0 spiro atoms. The van der Waals surface area contributed by atoms with E-state index in [1.807, 2.05) is 66.3 Å². The van der Waals surface area contributed by atoms with Crippen LogP contribution in [0, 0.1) is 5.82 Å². The van der Waals surface area contributed by atoms with Gasteiger partial charge in [-0.05, 0) is 65.9 Å². The summed E-state index contributed by atoms with van der Waals surface area (Å²) in [4.78, 5) is 19.9. The number of hydrogen-bond acceptors (Lipinski definition) is 5. The third kappa shape index (κ3) is 5.99. The van der Waals surface area contributed by atoms with Crippen molar-refractivity contribution in [1.29, 1.82) is 0 Å². The maximum absolute atomic E-state index is 13.8. The second kappa shape index (κ2) is 11.7. The lowest BCUT2D eigenvalue weighted by Crippen LogP contribution is -2.33. The SMILES string of the molecule is COC(CC(=O)N(Cc1nccn1C)c1ccc2c(c1)C(NS(=O)(=O)c1ccc(F)cc1)CC2)c1ccccc1. The molecule has 0 fully saturated rings. The number of sulfonamides is 1. The van der Waals surface area contributed by atoms with Crippen molar-refractivity contribution in [3.05, 3.63) is 114 Å². The highest BCUT2D eigenvalue weighted by Gasteiger charge is 2.30. The Morgan fingerprint density at radius 1 is 1.15 bits per heavy atom. The van der Waals surface area contributed by atoms with E-state index in [9.17, 15) is 17.6 Å². The first kappa shape index (κ1) is 27.7. The van der Waals surface area contributed by atoms with E-state index in [4.69, 9.17) is 4.74 Å². The molecular formula is C30H31FN4O4S. The number of imidazole rings is 1. The maximum atomic E-state index is 13.8. The minimum Gasteiger partial charge on any atom is -0.376 e. The molecule has 1 amide bonds. The molecular weight excluding hydrogens is 531 g/mol. The number of rotatable bonds is 10. The number of aryl methyl sites for hydroxylation is 2. The van der Waals surface area contributed by atoms with Gasteiger partial charge in [0.25, 0.3) is 0 Å². The van der Waals surface area contributed by atoms with Crippen LogP contribution in [0.4, 0.5) is 10.1 Å². The largest absolute Gasteiger partial charge is 0.376 e. The molecule has 8 nitrogen and oxygen atoms in total. The molecule has 208 valence electrons. The molecule has 2 unspecified atom stereocenters. The Bertz CT molecular complexity index is 1590. The van der Waals surface area contributed by atoms with Crippen LogP contribution in [-0.2, 0) is 39.6 Å². The highest BCUT2D eigenvalue weighted by atomic mass is 32.2. The van der Waals surface area contributed by atoms with Crippen LogP contribution >= 0.6 is 0 Å². The Kier molecular flexibility index (Phi) is 8.11. The molecule has 0 radical (unpaired) electrons. The number of nitrogens with zero attached hydrogens (tertiary/aromatic N) is 3. The van der Waals surface area contributed by atoms with Gasteiger partial charge in [-0.15, -0.1) is 0 Å². The van der Waals surface area contributed by atoms with Gasteiger partial charge in [-0.1, -0.05) is 36.4 Å². The number of methoxy groups -OCH3 is 1. The average molecular weight is 563 g/mol. The lowest BCUT2D eigenvalue weighted by molar-refractivity contribution is -0.121. The third-order valence-electron chi connectivity index (χ3n) is 7.28. The van der Waals surface area contributed by atoms with Crippen molar-refractivity contribution in [1.82, 2.24) is 14.3 Å². The Hall–Kier alpha value is -3.86. The van der Waals surface area contributed by atoms with E-state index in [2.05, 4.69) is 9.71 Å². The Morgan fingerprint density at radius 3 is 2.58 bits per heavy atom. The van der Waals surface area contributed by atoms with Gasteiger partial charge in [0.15, 0.2) is 0 Å². The van der Waals surface area contributed by atoms with Crippen molar-refractivity contribution < 1.29 is 22.3 Å². The van der Waals surface area contributed by atoms with Crippen molar-refractivity contribution in [2.45, 2.75) is 42.8 Å². The molecule has 0 saturated carbocycles. The predicted molar refractivity (Wildman–Crippen MR) is 149 cm³/mol. The number of carbonyl (C=O) groups excluding carboxylic acids is 1. The van der Waals surface area contributed by atoms with Crippen LogP contribution in [0.2, 0.25) is 0 Å². The molecule has 1 heterocycles. The smallest absolute Gasteiger partial charge is 0.241 e. The Morgan fingerprint density at radius 2 is 1.90 bits per heavy atom. The van der Waals surface area contributed by atoms with Crippen LogP contribution in [0.15, 0.2) is 90.1 Å². The van der Waals surface area contributed by atoms with Gasteiger partial charge in [-0.2, -0.15) is 0 Å². The van der Waals surface area contributed by atoms with Crippen LogP contribution < -0.4 is 9.62 Å². The number of carbonyl (C=O) groups is 1. The molecule has 5 rings (SSSR count). The number of anilines is 1. The molecule has 0 saturated heterocycles. The molecule has 1 aliphatic carbocycles.